The molecule has 0 atom stereocenters. The smallest absolute Gasteiger partial charge is 0.245 e. The van der Waals surface area contributed by atoms with Crippen molar-refractivity contribution in [2.24, 2.45) is 0 Å². The predicted molar refractivity (Wildman–Crippen MR) is 126 cm³/mol. The van der Waals surface area contributed by atoms with Crippen molar-refractivity contribution in [3.8, 4) is 0 Å². The molecule has 4 rings (SSSR count). The topological polar surface area (TPSA) is 86.3 Å². The van der Waals surface area contributed by atoms with Crippen LogP contribution in [0.5, 0.6) is 0 Å². The Balaban J connectivity index is 1.50. The molecular weight excluding hydrogens is 410 g/mol. The molecule has 9 heteroatoms. The first-order chi connectivity index (χ1) is 15.0. The second-order valence-electron chi connectivity index (χ2n) is 7.90. The van der Waals surface area contributed by atoms with Crippen molar-refractivity contribution in [2.75, 3.05) is 37.8 Å². The average Bonchev–Trinajstić information content (AvgIpc) is 3.15. The van der Waals surface area contributed by atoms with E-state index in [1.807, 2.05) is 31.1 Å². The zero-order valence-electron chi connectivity index (χ0n) is 17.8. The monoisotopic (exact) mass is 437 g/mol. The van der Waals surface area contributed by atoms with E-state index in [0.29, 0.717) is 0 Å². The molecule has 8 nitrogen and oxygen atoms in total. The average molecular weight is 438 g/mol. The van der Waals surface area contributed by atoms with Gasteiger partial charge in [-0.2, -0.15) is 0 Å². The third-order valence-corrected chi connectivity index (χ3v) is 6.01. The van der Waals surface area contributed by atoms with Crippen LogP contribution in [-0.4, -0.2) is 63.9 Å². The van der Waals surface area contributed by atoms with Crippen LogP contribution in [0.3, 0.4) is 0 Å². The molecule has 162 valence electrons. The fraction of sp³-hybridized carbons (Fsp3) is 0.364. The Labute approximate surface area is 186 Å². The van der Waals surface area contributed by atoms with Gasteiger partial charge in [-0.05, 0) is 62.8 Å². The summed E-state index contributed by atoms with van der Waals surface area (Å²) in [6, 6.07) is 8.26. The first-order valence-corrected chi connectivity index (χ1v) is 11.1. The summed E-state index contributed by atoms with van der Waals surface area (Å²) < 4.78 is 0. The summed E-state index contributed by atoms with van der Waals surface area (Å²) in [6.07, 6.45) is 4.92. The van der Waals surface area contributed by atoms with Crippen LogP contribution in [0, 0.1) is 0 Å². The highest BCUT2D eigenvalue weighted by molar-refractivity contribution is 7.21. The maximum atomic E-state index is 11.8. The van der Waals surface area contributed by atoms with Crippen molar-refractivity contribution in [1.82, 2.24) is 24.8 Å². The van der Waals surface area contributed by atoms with Gasteiger partial charge in [0, 0.05) is 31.9 Å². The first kappa shape index (κ1) is 21.2. The van der Waals surface area contributed by atoms with Gasteiger partial charge in [-0.25, -0.2) is 15.0 Å². The number of rotatable bonds is 7. The van der Waals surface area contributed by atoms with Crippen molar-refractivity contribution >= 4 is 44.4 Å². The van der Waals surface area contributed by atoms with Crippen LogP contribution in [0.4, 0.5) is 16.8 Å². The first-order valence-electron chi connectivity index (χ1n) is 10.3. The number of thiazole rings is 1. The number of amides is 1. The molecule has 0 aliphatic carbocycles. The minimum absolute atomic E-state index is 0.00126. The highest BCUT2D eigenvalue weighted by Gasteiger charge is 2.21. The van der Waals surface area contributed by atoms with E-state index in [0.717, 1.165) is 65.2 Å². The number of fused-ring (bicyclic) bond motifs is 1. The number of likely N-dealkylation sites (tertiary alicyclic amines) is 1. The highest BCUT2D eigenvalue weighted by Crippen LogP contribution is 2.27. The van der Waals surface area contributed by atoms with Crippen molar-refractivity contribution in [3.05, 3.63) is 48.7 Å². The number of aromatic nitrogens is 3. The zero-order valence-corrected chi connectivity index (χ0v) is 18.7. The van der Waals surface area contributed by atoms with Crippen LogP contribution >= 0.6 is 11.3 Å². The highest BCUT2D eigenvalue weighted by atomic mass is 32.1. The Morgan fingerprint density at radius 1 is 1.29 bits per heavy atom. The Bertz CT molecular complexity index is 1040. The van der Waals surface area contributed by atoms with E-state index in [9.17, 15) is 4.79 Å². The van der Waals surface area contributed by atoms with E-state index in [1.54, 1.807) is 6.20 Å². The van der Waals surface area contributed by atoms with Crippen LogP contribution in [0.1, 0.15) is 18.4 Å². The summed E-state index contributed by atoms with van der Waals surface area (Å²) in [7, 11) is 4.10. The number of carbonyl (C=O) groups is 1. The molecule has 31 heavy (non-hydrogen) atoms. The quantitative estimate of drug-likeness (QED) is 0.547. The van der Waals surface area contributed by atoms with Gasteiger partial charge in [-0.15, -0.1) is 0 Å². The third-order valence-electron chi connectivity index (χ3n) is 5.12. The van der Waals surface area contributed by atoms with Gasteiger partial charge in [0.25, 0.3) is 0 Å². The number of nitrogens with one attached hydrogen (secondary N) is 2. The van der Waals surface area contributed by atoms with Gasteiger partial charge in [-0.3, -0.25) is 4.79 Å². The minimum atomic E-state index is 0.00126. The molecule has 0 spiro atoms. The molecule has 0 saturated carbocycles. The molecule has 1 amide bonds. The largest absolute Gasteiger partial charge is 0.367 e. The number of hydrogen-bond acceptors (Lipinski definition) is 8. The van der Waals surface area contributed by atoms with Crippen molar-refractivity contribution in [1.29, 1.82) is 0 Å². The summed E-state index contributed by atoms with van der Waals surface area (Å²) >= 11 is 1.51. The fourth-order valence-electron chi connectivity index (χ4n) is 3.70. The maximum absolute atomic E-state index is 11.8. The molecule has 1 saturated heterocycles. The number of hydrogen-bond donors (Lipinski definition) is 2. The molecule has 0 unspecified atom stereocenters. The van der Waals surface area contributed by atoms with E-state index in [-0.39, 0.29) is 11.9 Å². The molecular formula is C22H27N7OS. The number of piperidine rings is 1. The van der Waals surface area contributed by atoms with E-state index >= 15 is 0 Å². The lowest BCUT2D eigenvalue weighted by Crippen LogP contribution is -2.41. The molecule has 3 aromatic heterocycles. The van der Waals surface area contributed by atoms with Gasteiger partial charge in [0.2, 0.25) is 5.91 Å². The lowest BCUT2D eigenvalue weighted by Gasteiger charge is -2.32. The molecule has 0 aromatic carbocycles. The molecule has 3 aromatic rings. The summed E-state index contributed by atoms with van der Waals surface area (Å²) in [6.45, 7) is 5.83. The minimum Gasteiger partial charge on any atom is -0.367 e. The van der Waals surface area contributed by atoms with Crippen LogP contribution in [-0.2, 0) is 11.3 Å². The molecule has 1 aliphatic rings. The predicted octanol–water partition coefficient (Wildman–Crippen LogP) is 3.48. The SMILES string of the molecule is C=CC(=O)N1CCC(Nc2cc(CN(C)C)cc(Nc3nc4cccnc4s3)n2)CC1. The molecule has 4 heterocycles. The van der Waals surface area contributed by atoms with Gasteiger partial charge in [0.15, 0.2) is 5.13 Å². The van der Waals surface area contributed by atoms with Crippen LogP contribution in [0.15, 0.2) is 43.1 Å². The van der Waals surface area contributed by atoms with Gasteiger partial charge >= 0.3 is 0 Å². The van der Waals surface area contributed by atoms with E-state index < -0.39 is 0 Å². The number of anilines is 3. The Kier molecular flexibility index (Phi) is 6.43. The van der Waals surface area contributed by atoms with Gasteiger partial charge in [0.1, 0.15) is 22.0 Å². The van der Waals surface area contributed by atoms with E-state index in [1.165, 1.54) is 17.4 Å². The summed E-state index contributed by atoms with van der Waals surface area (Å²) in [5, 5.41) is 7.68. The summed E-state index contributed by atoms with van der Waals surface area (Å²) in [5.74, 6) is 1.58. The third kappa shape index (κ3) is 5.36. The zero-order chi connectivity index (χ0) is 21.8. The number of carbonyl (C=O) groups excluding carboxylic acids is 1. The van der Waals surface area contributed by atoms with Gasteiger partial charge in [-0.1, -0.05) is 17.9 Å². The molecule has 0 bridgehead atoms. The lowest BCUT2D eigenvalue weighted by molar-refractivity contribution is -0.126. The van der Waals surface area contributed by atoms with Gasteiger partial charge in [0.05, 0.1) is 0 Å². The van der Waals surface area contributed by atoms with E-state index in [4.69, 9.17) is 4.98 Å². The van der Waals surface area contributed by atoms with Crippen LogP contribution in [0.25, 0.3) is 10.3 Å². The Hall–Kier alpha value is -3.04. The fourth-order valence-corrected chi connectivity index (χ4v) is 4.51. The molecule has 1 fully saturated rings. The van der Waals surface area contributed by atoms with Gasteiger partial charge < -0.3 is 20.4 Å². The second kappa shape index (κ2) is 9.40. The number of nitrogens with zero attached hydrogens (tertiary/aromatic N) is 5. The summed E-state index contributed by atoms with van der Waals surface area (Å²) in [5.41, 5.74) is 2.03. The van der Waals surface area contributed by atoms with Crippen LogP contribution in [0.2, 0.25) is 0 Å². The van der Waals surface area contributed by atoms with Crippen molar-refractivity contribution in [3.63, 3.8) is 0 Å². The Morgan fingerprint density at radius 2 is 2.06 bits per heavy atom. The normalized spacial score (nSPS) is 14.7. The van der Waals surface area contributed by atoms with Crippen molar-refractivity contribution in [2.45, 2.75) is 25.4 Å². The molecule has 0 radical (unpaired) electrons. The standard InChI is InChI=1S/C22H27N7OS/c1-4-20(30)29-10-7-16(8-11-29)24-18-12-15(14-28(2)3)13-19(26-18)27-22-25-17-6-5-9-23-21(17)31-22/h4-6,9,12-13,16H,1,7-8,10-11,14H2,2-3H3,(H2,24,25,26,27). The second-order valence-corrected chi connectivity index (χ2v) is 8.88. The van der Waals surface area contributed by atoms with E-state index in [2.05, 4.69) is 44.2 Å². The Morgan fingerprint density at radius 3 is 2.77 bits per heavy atom. The maximum Gasteiger partial charge on any atom is 0.245 e. The molecule has 2 N–H and O–H groups in total. The number of pyridine rings is 2. The van der Waals surface area contributed by atoms with Crippen molar-refractivity contribution < 1.29 is 4.79 Å². The molecule has 1 aliphatic heterocycles. The van der Waals surface area contributed by atoms with Crippen LogP contribution < -0.4 is 10.6 Å². The summed E-state index contributed by atoms with van der Waals surface area (Å²) in [4.78, 5) is 30.4. The lowest BCUT2D eigenvalue weighted by atomic mass is 10.0.